The molecule has 1 aromatic rings. The summed E-state index contributed by atoms with van der Waals surface area (Å²) in [6.07, 6.45) is 3.61. The van der Waals surface area contributed by atoms with Crippen LogP contribution in [-0.2, 0) is 4.79 Å². The first-order valence-corrected chi connectivity index (χ1v) is 6.69. The maximum Gasteiger partial charge on any atom is 0.266 e. The number of hydrogen-bond acceptors (Lipinski definition) is 3. The van der Waals surface area contributed by atoms with Crippen LogP contribution in [0.3, 0.4) is 0 Å². The van der Waals surface area contributed by atoms with Crippen molar-refractivity contribution in [3.05, 3.63) is 24.0 Å². The summed E-state index contributed by atoms with van der Waals surface area (Å²) in [6, 6.07) is 4.32. The van der Waals surface area contributed by atoms with Crippen molar-refractivity contribution in [2.45, 2.75) is 19.3 Å². The van der Waals surface area contributed by atoms with Crippen molar-refractivity contribution >= 4 is 11.6 Å². The van der Waals surface area contributed by atoms with Gasteiger partial charge in [-0.2, -0.15) is 0 Å². The zero-order valence-corrected chi connectivity index (χ0v) is 10.8. The Kier molecular flexibility index (Phi) is 3.38. The first-order valence-electron chi connectivity index (χ1n) is 6.69. The lowest BCUT2D eigenvalue weighted by molar-refractivity contribution is -0.121. The highest BCUT2D eigenvalue weighted by Gasteiger charge is 2.27. The Morgan fingerprint density at radius 1 is 1.21 bits per heavy atom. The largest absolute Gasteiger partial charge is 0.481 e. The molecular weight excluding hydrogens is 247 g/mol. The molecule has 0 bridgehead atoms. The molecule has 0 radical (unpaired) electrons. The molecule has 0 atom stereocenters. The van der Waals surface area contributed by atoms with Crippen molar-refractivity contribution in [2.24, 2.45) is 0 Å². The van der Waals surface area contributed by atoms with Gasteiger partial charge in [-0.25, -0.2) is 4.39 Å². The Hall–Kier alpha value is -1.62. The lowest BCUT2D eigenvalue weighted by atomic mass is 10.1. The number of piperidine rings is 1. The fourth-order valence-corrected chi connectivity index (χ4v) is 2.63. The van der Waals surface area contributed by atoms with E-state index in [9.17, 15) is 9.18 Å². The minimum Gasteiger partial charge on any atom is -0.481 e. The van der Waals surface area contributed by atoms with Gasteiger partial charge in [0.25, 0.3) is 5.91 Å². The van der Waals surface area contributed by atoms with Crippen LogP contribution in [0, 0.1) is 5.82 Å². The number of fused-ring (bicyclic) bond motifs is 1. The number of hydrogen-bond donors (Lipinski definition) is 0. The second-order valence-electron chi connectivity index (χ2n) is 5.04. The predicted molar refractivity (Wildman–Crippen MR) is 69.7 cm³/mol. The van der Waals surface area contributed by atoms with Crippen molar-refractivity contribution in [3.63, 3.8) is 0 Å². The second kappa shape index (κ2) is 5.17. The lowest BCUT2D eigenvalue weighted by Gasteiger charge is -2.35. The number of amides is 1. The van der Waals surface area contributed by atoms with E-state index in [0.717, 1.165) is 13.1 Å². The molecule has 3 rings (SSSR count). The van der Waals surface area contributed by atoms with Gasteiger partial charge in [0, 0.05) is 6.07 Å². The topological polar surface area (TPSA) is 32.8 Å². The lowest BCUT2D eigenvalue weighted by Crippen LogP contribution is -2.47. The fraction of sp³-hybridized carbons (Fsp3) is 0.500. The van der Waals surface area contributed by atoms with E-state index in [1.165, 1.54) is 31.4 Å². The first-order chi connectivity index (χ1) is 9.24. The molecule has 2 aliphatic heterocycles. The molecule has 19 heavy (non-hydrogen) atoms. The number of carbonyl (C=O) groups is 1. The van der Waals surface area contributed by atoms with E-state index in [2.05, 4.69) is 4.90 Å². The average molecular weight is 264 g/mol. The van der Waals surface area contributed by atoms with Gasteiger partial charge in [-0.05, 0) is 38.1 Å². The van der Waals surface area contributed by atoms with Gasteiger partial charge in [0.15, 0.2) is 6.61 Å². The van der Waals surface area contributed by atoms with Crippen LogP contribution in [0.1, 0.15) is 19.3 Å². The summed E-state index contributed by atoms with van der Waals surface area (Å²) in [7, 11) is 0. The first kappa shape index (κ1) is 12.4. The van der Waals surface area contributed by atoms with E-state index in [-0.39, 0.29) is 18.3 Å². The summed E-state index contributed by atoms with van der Waals surface area (Å²) in [4.78, 5) is 16.0. The third kappa shape index (κ3) is 2.56. The molecule has 1 fully saturated rings. The smallest absolute Gasteiger partial charge is 0.266 e. The maximum absolute atomic E-state index is 13.2. The Morgan fingerprint density at radius 3 is 2.79 bits per heavy atom. The summed E-state index contributed by atoms with van der Waals surface area (Å²) < 4.78 is 18.5. The minimum absolute atomic E-state index is 0.00963. The Morgan fingerprint density at radius 2 is 2.00 bits per heavy atom. The zero-order valence-electron chi connectivity index (χ0n) is 10.8. The molecule has 0 unspecified atom stereocenters. The molecule has 0 N–H and O–H groups in total. The van der Waals surface area contributed by atoms with Crippen molar-refractivity contribution in [2.75, 3.05) is 31.3 Å². The normalized spacial score (nSPS) is 20.1. The molecule has 1 amide bonds. The number of rotatable bonds is 2. The monoisotopic (exact) mass is 264 g/mol. The molecule has 1 saturated heterocycles. The quantitative estimate of drug-likeness (QED) is 0.819. The number of likely N-dealkylation sites (tertiary alicyclic amines) is 1. The highest BCUT2D eigenvalue weighted by molar-refractivity contribution is 5.97. The third-order valence-electron chi connectivity index (χ3n) is 3.65. The van der Waals surface area contributed by atoms with Crippen LogP contribution in [0.2, 0.25) is 0 Å². The summed E-state index contributed by atoms with van der Waals surface area (Å²) in [5.74, 6) is 0.0484. The highest BCUT2D eigenvalue weighted by Crippen LogP contribution is 2.32. The van der Waals surface area contributed by atoms with Crippen molar-refractivity contribution in [1.29, 1.82) is 0 Å². The molecule has 2 aliphatic rings. The Labute approximate surface area is 111 Å². The molecular formula is C14H17FN2O2. The van der Waals surface area contributed by atoms with Crippen LogP contribution in [0.15, 0.2) is 18.2 Å². The summed E-state index contributed by atoms with van der Waals surface area (Å²) >= 11 is 0. The summed E-state index contributed by atoms with van der Waals surface area (Å²) in [5.41, 5.74) is 0.670. The predicted octanol–water partition coefficient (Wildman–Crippen LogP) is 1.99. The van der Waals surface area contributed by atoms with Crippen molar-refractivity contribution < 1.29 is 13.9 Å². The Bertz CT molecular complexity index is 486. The van der Waals surface area contributed by atoms with Crippen LogP contribution in [0.5, 0.6) is 5.75 Å². The van der Waals surface area contributed by atoms with Crippen LogP contribution in [-0.4, -0.2) is 37.2 Å². The number of ether oxygens (including phenoxy) is 1. The van der Waals surface area contributed by atoms with Crippen LogP contribution >= 0.6 is 0 Å². The molecule has 2 heterocycles. The van der Waals surface area contributed by atoms with Gasteiger partial charge in [-0.15, -0.1) is 0 Å². The van der Waals surface area contributed by atoms with E-state index >= 15 is 0 Å². The van der Waals surface area contributed by atoms with E-state index in [1.54, 1.807) is 11.0 Å². The van der Waals surface area contributed by atoms with Gasteiger partial charge in [0.05, 0.1) is 12.4 Å². The van der Waals surface area contributed by atoms with Gasteiger partial charge in [0.1, 0.15) is 11.6 Å². The molecule has 0 spiro atoms. The van der Waals surface area contributed by atoms with Crippen molar-refractivity contribution in [3.8, 4) is 5.75 Å². The molecule has 5 heteroatoms. The van der Waals surface area contributed by atoms with Crippen molar-refractivity contribution in [1.82, 2.24) is 4.90 Å². The SMILES string of the molecule is O=C1COc2cc(F)ccc2N1CN1CCCCC1. The van der Waals surface area contributed by atoms with Gasteiger partial charge in [0.2, 0.25) is 0 Å². The second-order valence-corrected chi connectivity index (χ2v) is 5.04. The minimum atomic E-state index is -0.342. The van der Waals surface area contributed by atoms with E-state index in [4.69, 9.17) is 4.74 Å². The number of anilines is 1. The third-order valence-corrected chi connectivity index (χ3v) is 3.65. The van der Waals surface area contributed by atoms with E-state index in [0.29, 0.717) is 18.1 Å². The number of carbonyl (C=O) groups excluding carboxylic acids is 1. The van der Waals surface area contributed by atoms with Gasteiger partial charge in [-0.1, -0.05) is 6.42 Å². The van der Waals surface area contributed by atoms with Gasteiger partial charge in [-0.3, -0.25) is 14.6 Å². The van der Waals surface area contributed by atoms with Crippen LogP contribution < -0.4 is 9.64 Å². The van der Waals surface area contributed by atoms with E-state index in [1.807, 2.05) is 0 Å². The molecule has 4 nitrogen and oxygen atoms in total. The van der Waals surface area contributed by atoms with E-state index < -0.39 is 0 Å². The molecule has 1 aromatic carbocycles. The van der Waals surface area contributed by atoms with Gasteiger partial charge < -0.3 is 4.74 Å². The molecule has 0 aromatic heterocycles. The number of benzene rings is 1. The molecule has 0 aliphatic carbocycles. The summed E-state index contributed by atoms with van der Waals surface area (Å²) in [5, 5.41) is 0. The zero-order chi connectivity index (χ0) is 13.2. The fourth-order valence-electron chi connectivity index (χ4n) is 2.63. The van der Waals surface area contributed by atoms with Gasteiger partial charge >= 0.3 is 0 Å². The maximum atomic E-state index is 13.2. The number of halogens is 1. The summed E-state index contributed by atoms with van der Waals surface area (Å²) in [6.45, 7) is 2.59. The van der Waals surface area contributed by atoms with Crippen LogP contribution in [0.4, 0.5) is 10.1 Å². The number of nitrogens with zero attached hydrogens (tertiary/aromatic N) is 2. The molecule has 102 valence electrons. The highest BCUT2D eigenvalue weighted by atomic mass is 19.1. The standard InChI is InChI=1S/C14H17FN2O2/c15-11-4-5-12-13(8-11)19-9-14(18)17(12)10-16-6-2-1-3-7-16/h4-5,8H,1-3,6-7,9-10H2. The average Bonchev–Trinajstić information content (AvgIpc) is 2.43. The molecule has 0 saturated carbocycles. The van der Waals surface area contributed by atoms with Crippen LogP contribution in [0.25, 0.3) is 0 Å². The Balaban J connectivity index is 1.82.